The Morgan fingerprint density at radius 2 is 1.74 bits per heavy atom. The fourth-order valence-electron chi connectivity index (χ4n) is 2.38. The van der Waals surface area contributed by atoms with Gasteiger partial charge < -0.3 is 14.8 Å². The summed E-state index contributed by atoms with van der Waals surface area (Å²) in [6, 6.07) is 6.41. The Bertz CT molecular complexity index is 374. The van der Waals surface area contributed by atoms with Gasteiger partial charge in [-0.15, -0.1) is 0 Å². The van der Waals surface area contributed by atoms with Gasteiger partial charge in [-0.05, 0) is 24.3 Å². The average Bonchev–Trinajstić information content (AvgIpc) is 2.83. The average molecular weight is 268 g/mol. The molecule has 1 aromatic rings. The summed E-state index contributed by atoms with van der Waals surface area (Å²) in [6.45, 7) is 3.51. The van der Waals surface area contributed by atoms with Crippen LogP contribution in [0.15, 0.2) is 24.3 Å². The number of halogens is 1. The van der Waals surface area contributed by atoms with E-state index in [1.54, 1.807) is 26.4 Å². The highest BCUT2D eigenvalue weighted by Gasteiger charge is 2.32. The second kappa shape index (κ2) is 6.84. The van der Waals surface area contributed by atoms with Crippen LogP contribution in [0, 0.1) is 5.82 Å². The number of rotatable bonds is 6. The lowest BCUT2D eigenvalue weighted by Gasteiger charge is -2.15. The van der Waals surface area contributed by atoms with Gasteiger partial charge in [0.1, 0.15) is 5.82 Å². The summed E-state index contributed by atoms with van der Waals surface area (Å²) in [5, 5.41) is 3.27. The van der Waals surface area contributed by atoms with Gasteiger partial charge >= 0.3 is 0 Å². The minimum Gasteiger partial charge on any atom is -0.384 e. The maximum absolute atomic E-state index is 12.8. The van der Waals surface area contributed by atoms with Crippen LogP contribution in [0.3, 0.4) is 0 Å². The molecule has 0 spiro atoms. The standard InChI is InChI=1S/C14H21FN2O2/c1-18-13-9-17(10-14(13)19-2)8-7-16-12-5-3-11(15)4-6-12/h3-6,13-14,16H,7-10H2,1-2H3. The molecule has 1 fully saturated rings. The number of methoxy groups -OCH3 is 2. The molecule has 4 nitrogen and oxygen atoms in total. The summed E-state index contributed by atoms with van der Waals surface area (Å²) in [6.07, 6.45) is 0.298. The van der Waals surface area contributed by atoms with Crippen molar-refractivity contribution >= 4 is 5.69 Å². The smallest absolute Gasteiger partial charge is 0.123 e. The molecular weight excluding hydrogens is 247 g/mol. The van der Waals surface area contributed by atoms with E-state index in [4.69, 9.17) is 9.47 Å². The molecule has 1 aliphatic heterocycles. The van der Waals surface area contributed by atoms with Crippen molar-refractivity contribution in [2.45, 2.75) is 12.2 Å². The van der Waals surface area contributed by atoms with Gasteiger partial charge in [0.15, 0.2) is 0 Å². The zero-order valence-corrected chi connectivity index (χ0v) is 11.4. The van der Waals surface area contributed by atoms with Crippen LogP contribution in [-0.4, -0.2) is 57.5 Å². The van der Waals surface area contributed by atoms with Crippen molar-refractivity contribution in [2.24, 2.45) is 0 Å². The molecule has 2 atom stereocenters. The minimum absolute atomic E-state index is 0.149. The first-order valence-electron chi connectivity index (χ1n) is 6.50. The molecule has 0 saturated carbocycles. The van der Waals surface area contributed by atoms with E-state index in [1.165, 1.54) is 12.1 Å². The van der Waals surface area contributed by atoms with Crippen LogP contribution in [-0.2, 0) is 9.47 Å². The lowest BCUT2D eigenvalue weighted by molar-refractivity contribution is -0.00461. The lowest BCUT2D eigenvalue weighted by atomic mass is 10.3. The Hall–Kier alpha value is -1.17. The van der Waals surface area contributed by atoms with E-state index in [0.717, 1.165) is 31.9 Å². The van der Waals surface area contributed by atoms with Crippen LogP contribution in [0.1, 0.15) is 0 Å². The van der Waals surface area contributed by atoms with Gasteiger partial charge in [-0.25, -0.2) is 4.39 Å². The van der Waals surface area contributed by atoms with Gasteiger partial charge in [0.25, 0.3) is 0 Å². The maximum Gasteiger partial charge on any atom is 0.123 e. The first-order chi connectivity index (χ1) is 9.22. The van der Waals surface area contributed by atoms with Crippen molar-refractivity contribution in [1.29, 1.82) is 0 Å². The van der Waals surface area contributed by atoms with Crippen molar-refractivity contribution in [3.63, 3.8) is 0 Å². The highest BCUT2D eigenvalue weighted by Crippen LogP contribution is 2.15. The Balaban J connectivity index is 1.73. The molecule has 19 heavy (non-hydrogen) atoms. The van der Waals surface area contributed by atoms with E-state index in [9.17, 15) is 4.39 Å². The third kappa shape index (κ3) is 3.89. The number of anilines is 1. The molecular formula is C14H21FN2O2. The molecule has 1 saturated heterocycles. The number of likely N-dealkylation sites (tertiary alicyclic amines) is 1. The number of nitrogens with one attached hydrogen (secondary N) is 1. The van der Waals surface area contributed by atoms with E-state index in [-0.39, 0.29) is 18.0 Å². The SMILES string of the molecule is COC1CN(CCNc2ccc(F)cc2)CC1OC. The van der Waals surface area contributed by atoms with Crippen LogP contribution < -0.4 is 5.32 Å². The third-order valence-electron chi connectivity index (χ3n) is 3.50. The van der Waals surface area contributed by atoms with Gasteiger partial charge in [0, 0.05) is 46.1 Å². The predicted octanol–water partition coefficient (Wildman–Crippen LogP) is 1.58. The molecule has 1 aliphatic rings. The Morgan fingerprint density at radius 1 is 1.16 bits per heavy atom. The van der Waals surface area contributed by atoms with Crippen molar-refractivity contribution in [2.75, 3.05) is 45.7 Å². The van der Waals surface area contributed by atoms with Crippen LogP contribution in [0.5, 0.6) is 0 Å². The quantitative estimate of drug-likeness (QED) is 0.849. The number of hydrogen-bond donors (Lipinski definition) is 1. The molecule has 0 radical (unpaired) electrons. The van der Waals surface area contributed by atoms with Crippen molar-refractivity contribution in [1.82, 2.24) is 4.90 Å². The summed E-state index contributed by atoms with van der Waals surface area (Å²) in [5.74, 6) is -0.212. The highest BCUT2D eigenvalue weighted by atomic mass is 19.1. The molecule has 106 valence electrons. The molecule has 1 aromatic carbocycles. The van der Waals surface area contributed by atoms with Gasteiger partial charge in [0.05, 0.1) is 12.2 Å². The zero-order valence-electron chi connectivity index (χ0n) is 11.4. The van der Waals surface area contributed by atoms with Crippen LogP contribution in [0.25, 0.3) is 0 Å². The maximum atomic E-state index is 12.8. The summed E-state index contributed by atoms with van der Waals surface area (Å²) >= 11 is 0. The van der Waals surface area contributed by atoms with E-state index in [1.807, 2.05) is 0 Å². The van der Waals surface area contributed by atoms with Gasteiger partial charge in [-0.3, -0.25) is 4.90 Å². The number of nitrogens with zero attached hydrogens (tertiary/aromatic N) is 1. The second-order valence-corrected chi connectivity index (χ2v) is 4.74. The predicted molar refractivity (Wildman–Crippen MR) is 72.9 cm³/mol. The molecule has 2 rings (SSSR count). The number of hydrogen-bond acceptors (Lipinski definition) is 4. The van der Waals surface area contributed by atoms with E-state index >= 15 is 0 Å². The number of benzene rings is 1. The first kappa shape index (κ1) is 14.2. The fraction of sp³-hybridized carbons (Fsp3) is 0.571. The third-order valence-corrected chi connectivity index (χ3v) is 3.50. The zero-order chi connectivity index (χ0) is 13.7. The topological polar surface area (TPSA) is 33.7 Å². The largest absolute Gasteiger partial charge is 0.384 e. The highest BCUT2D eigenvalue weighted by molar-refractivity contribution is 5.42. The molecule has 0 bridgehead atoms. The molecule has 2 unspecified atom stereocenters. The summed E-state index contributed by atoms with van der Waals surface area (Å²) in [4.78, 5) is 2.30. The summed E-state index contributed by atoms with van der Waals surface area (Å²) in [5.41, 5.74) is 0.937. The Labute approximate surface area is 113 Å². The molecule has 0 aliphatic carbocycles. The van der Waals surface area contributed by atoms with Crippen LogP contribution in [0.4, 0.5) is 10.1 Å². The first-order valence-corrected chi connectivity index (χ1v) is 6.50. The van der Waals surface area contributed by atoms with E-state index in [2.05, 4.69) is 10.2 Å². The monoisotopic (exact) mass is 268 g/mol. The summed E-state index contributed by atoms with van der Waals surface area (Å²) < 4.78 is 23.5. The van der Waals surface area contributed by atoms with Crippen molar-refractivity contribution < 1.29 is 13.9 Å². The van der Waals surface area contributed by atoms with Crippen molar-refractivity contribution in [3.8, 4) is 0 Å². The van der Waals surface area contributed by atoms with Gasteiger partial charge in [0.2, 0.25) is 0 Å². The molecule has 0 aromatic heterocycles. The van der Waals surface area contributed by atoms with E-state index in [0.29, 0.717) is 0 Å². The Kier molecular flexibility index (Phi) is 5.13. The fourth-order valence-corrected chi connectivity index (χ4v) is 2.38. The molecule has 0 amide bonds. The van der Waals surface area contributed by atoms with Crippen molar-refractivity contribution in [3.05, 3.63) is 30.1 Å². The summed E-state index contributed by atoms with van der Waals surface area (Å²) in [7, 11) is 3.44. The van der Waals surface area contributed by atoms with Crippen LogP contribution >= 0.6 is 0 Å². The number of ether oxygens (including phenoxy) is 2. The normalized spacial score (nSPS) is 23.7. The van der Waals surface area contributed by atoms with Crippen LogP contribution in [0.2, 0.25) is 0 Å². The molecule has 5 heteroatoms. The second-order valence-electron chi connectivity index (χ2n) is 4.74. The Morgan fingerprint density at radius 3 is 2.26 bits per heavy atom. The van der Waals surface area contributed by atoms with Gasteiger partial charge in [-0.1, -0.05) is 0 Å². The van der Waals surface area contributed by atoms with Gasteiger partial charge in [-0.2, -0.15) is 0 Å². The molecule has 1 heterocycles. The van der Waals surface area contributed by atoms with E-state index < -0.39 is 0 Å². The molecule has 1 N–H and O–H groups in total. The minimum atomic E-state index is -0.212. The lowest BCUT2D eigenvalue weighted by Crippen LogP contribution is -2.28.